The molecule has 0 N–H and O–H groups in total. The van der Waals surface area contributed by atoms with E-state index in [9.17, 15) is 9.59 Å². The van der Waals surface area contributed by atoms with Crippen LogP contribution in [-0.2, 0) is 20.9 Å². The van der Waals surface area contributed by atoms with Crippen molar-refractivity contribution in [2.75, 3.05) is 21.3 Å². The zero-order chi connectivity index (χ0) is 24.2. The fourth-order valence-electron chi connectivity index (χ4n) is 4.77. The van der Waals surface area contributed by atoms with Gasteiger partial charge in [-0.1, -0.05) is 30.3 Å². The number of methoxy groups -OCH3 is 3. The second kappa shape index (κ2) is 10.1. The maximum absolute atomic E-state index is 13.5. The minimum absolute atomic E-state index is 0.0112. The Labute approximate surface area is 199 Å². The molecule has 0 fully saturated rings. The molecule has 34 heavy (non-hydrogen) atoms. The lowest BCUT2D eigenvalue weighted by molar-refractivity contribution is -0.148. The number of aliphatic imine (C=N–C) groups is 1. The van der Waals surface area contributed by atoms with Crippen LogP contribution >= 0.6 is 0 Å². The molecule has 0 saturated heterocycles. The van der Waals surface area contributed by atoms with Gasteiger partial charge in [0.25, 0.3) is 0 Å². The molecule has 178 valence electrons. The average Bonchev–Trinajstić information content (AvgIpc) is 2.86. The first kappa shape index (κ1) is 23.5. The van der Waals surface area contributed by atoms with Crippen LogP contribution in [0.1, 0.15) is 43.2 Å². The van der Waals surface area contributed by atoms with Crippen LogP contribution in [0.2, 0.25) is 0 Å². The van der Waals surface area contributed by atoms with Gasteiger partial charge in [0.2, 0.25) is 5.75 Å². The lowest BCUT2D eigenvalue weighted by Crippen LogP contribution is -2.37. The van der Waals surface area contributed by atoms with Crippen molar-refractivity contribution in [3.05, 3.63) is 64.9 Å². The molecular formula is C27H29NO6. The van der Waals surface area contributed by atoms with Gasteiger partial charge in [0.05, 0.1) is 21.3 Å². The smallest absolute Gasteiger partial charge is 0.315 e. The molecule has 1 heterocycles. The number of Topliss-reactive ketones (excluding diaryl/α,β-unsaturated/α-hetero) is 1. The molecule has 2 aliphatic rings. The molecule has 0 saturated carbocycles. The molecule has 7 heteroatoms. The van der Waals surface area contributed by atoms with Crippen molar-refractivity contribution >= 4 is 17.5 Å². The van der Waals surface area contributed by atoms with Crippen molar-refractivity contribution in [1.82, 2.24) is 0 Å². The van der Waals surface area contributed by atoms with Crippen LogP contribution in [0, 0.1) is 5.92 Å². The number of rotatable bonds is 7. The van der Waals surface area contributed by atoms with E-state index in [2.05, 4.69) is 0 Å². The maximum Gasteiger partial charge on any atom is 0.315 e. The third-order valence-electron chi connectivity index (χ3n) is 6.36. The van der Waals surface area contributed by atoms with E-state index < -0.39 is 17.8 Å². The first-order chi connectivity index (χ1) is 16.5. The summed E-state index contributed by atoms with van der Waals surface area (Å²) in [4.78, 5) is 31.3. The van der Waals surface area contributed by atoms with E-state index >= 15 is 0 Å². The number of ketones is 1. The Kier molecular flexibility index (Phi) is 7.01. The van der Waals surface area contributed by atoms with Crippen LogP contribution in [0.15, 0.2) is 58.7 Å². The SMILES string of the molecule is COc1cc([C@@H]2C3=C(CCCC3=O)N=C(C)C2C(=O)OCc2ccccc2)cc(OC)c1OC. The monoisotopic (exact) mass is 463 g/mol. The number of ether oxygens (including phenoxy) is 4. The molecule has 1 aliphatic heterocycles. The zero-order valence-electron chi connectivity index (χ0n) is 19.9. The summed E-state index contributed by atoms with van der Waals surface area (Å²) in [7, 11) is 4.61. The molecule has 7 nitrogen and oxygen atoms in total. The standard InChI is InChI=1S/C27H29NO6/c1-16-23(27(30)34-15-17-9-6-5-7-10-17)24(25-19(28-16)11-8-12-20(25)29)18-13-21(31-2)26(33-4)22(14-18)32-3/h5-7,9-10,13-14,23-24H,8,11-12,15H2,1-4H3/t23?,24-/m0/s1. The Hall–Kier alpha value is -3.61. The van der Waals surface area contributed by atoms with Gasteiger partial charge in [-0.25, -0.2) is 0 Å². The van der Waals surface area contributed by atoms with E-state index in [1.165, 1.54) is 21.3 Å². The number of benzene rings is 2. The highest BCUT2D eigenvalue weighted by Crippen LogP contribution is 2.48. The summed E-state index contributed by atoms with van der Waals surface area (Å²) in [6.07, 6.45) is 1.88. The molecule has 2 aromatic rings. The number of hydrogen-bond donors (Lipinski definition) is 0. The van der Waals surface area contributed by atoms with Crippen LogP contribution in [-0.4, -0.2) is 38.8 Å². The van der Waals surface area contributed by atoms with Crippen LogP contribution < -0.4 is 14.2 Å². The fraction of sp³-hybridized carbons (Fsp3) is 0.370. The van der Waals surface area contributed by atoms with E-state index in [0.29, 0.717) is 46.9 Å². The molecule has 0 radical (unpaired) electrons. The van der Waals surface area contributed by atoms with Crippen molar-refractivity contribution in [3.8, 4) is 17.2 Å². The van der Waals surface area contributed by atoms with Gasteiger partial charge in [0, 0.05) is 29.3 Å². The predicted molar refractivity (Wildman–Crippen MR) is 128 cm³/mol. The van der Waals surface area contributed by atoms with Gasteiger partial charge in [-0.15, -0.1) is 0 Å². The highest BCUT2D eigenvalue weighted by atomic mass is 16.5. The van der Waals surface area contributed by atoms with Gasteiger partial charge in [0.1, 0.15) is 12.5 Å². The van der Waals surface area contributed by atoms with Crippen molar-refractivity contribution in [3.63, 3.8) is 0 Å². The summed E-state index contributed by atoms with van der Waals surface area (Å²) in [6, 6.07) is 13.1. The fourth-order valence-corrected chi connectivity index (χ4v) is 4.77. The molecule has 2 aromatic carbocycles. The minimum atomic E-state index is -0.743. The zero-order valence-corrected chi connectivity index (χ0v) is 19.9. The normalized spacial score (nSPS) is 19.8. The second-order valence-corrected chi connectivity index (χ2v) is 8.40. The summed E-state index contributed by atoms with van der Waals surface area (Å²) in [5.41, 5.74) is 3.56. The predicted octanol–water partition coefficient (Wildman–Crippen LogP) is 4.64. The molecule has 0 aromatic heterocycles. The molecular weight excluding hydrogens is 434 g/mol. The van der Waals surface area contributed by atoms with Gasteiger partial charge in [0.15, 0.2) is 17.3 Å². The quantitative estimate of drug-likeness (QED) is 0.557. The molecule has 0 spiro atoms. The van der Waals surface area contributed by atoms with Gasteiger partial charge in [-0.2, -0.15) is 0 Å². The van der Waals surface area contributed by atoms with Crippen LogP contribution in [0.5, 0.6) is 17.2 Å². The minimum Gasteiger partial charge on any atom is -0.493 e. The summed E-state index contributed by atoms with van der Waals surface area (Å²) in [6.45, 7) is 1.97. The Morgan fingerprint density at radius 3 is 2.29 bits per heavy atom. The van der Waals surface area contributed by atoms with Crippen molar-refractivity contribution in [2.24, 2.45) is 10.9 Å². The molecule has 2 atom stereocenters. The summed E-state index contributed by atoms with van der Waals surface area (Å²) in [5.74, 6) is -0.351. The Morgan fingerprint density at radius 2 is 1.68 bits per heavy atom. The third-order valence-corrected chi connectivity index (χ3v) is 6.36. The topological polar surface area (TPSA) is 83.4 Å². The van der Waals surface area contributed by atoms with E-state index in [1.807, 2.05) is 37.3 Å². The Bertz CT molecular complexity index is 1130. The Morgan fingerprint density at radius 1 is 1.00 bits per heavy atom. The van der Waals surface area contributed by atoms with E-state index in [0.717, 1.165) is 17.7 Å². The maximum atomic E-state index is 13.5. The van der Waals surface area contributed by atoms with E-state index in [4.69, 9.17) is 23.9 Å². The first-order valence-corrected chi connectivity index (χ1v) is 11.3. The number of hydrogen-bond acceptors (Lipinski definition) is 7. The molecule has 4 rings (SSSR count). The third kappa shape index (κ3) is 4.42. The van der Waals surface area contributed by atoms with Crippen LogP contribution in [0.3, 0.4) is 0 Å². The number of esters is 1. The summed E-state index contributed by atoms with van der Waals surface area (Å²) in [5, 5.41) is 0. The first-order valence-electron chi connectivity index (χ1n) is 11.3. The van der Waals surface area contributed by atoms with Crippen molar-refractivity contribution in [1.29, 1.82) is 0 Å². The van der Waals surface area contributed by atoms with Gasteiger partial charge in [-0.3, -0.25) is 14.6 Å². The van der Waals surface area contributed by atoms with Gasteiger partial charge < -0.3 is 18.9 Å². The van der Waals surface area contributed by atoms with Crippen molar-refractivity contribution in [2.45, 2.75) is 38.7 Å². The summed E-state index contributed by atoms with van der Waals surface area (Å²) < 4.78 is 22.3. The largest absolute Gasteiger partial charge is 0.493 e. The van der Waals surface area contributed by atoms with Crippen molar-refractivity contribution < 1.29 is 28.5 Å². The van der Waals surface area contributed by atoms with E-state index in [-0.39, 0.29) is 12.4 Å². The van der Waals surface area contributed by atoms with Gasteiger partial charge in [-0.05, 0) is 43.0 Å². The number of carbonyl (C=O) groups excluding carboxylic acids is 2. The van der Waals surface area contributed by atoms with E-state index in [1.54, 1.807) is 12.1 Å². The molecule has 1 aliphatic carbocycles. The highest BCUT2D eigenvalue weighted by molar-refractivity contribution is 6.08. The van der Waals surface area contributed by atoms with Gasteiger partial charge >= 0.3 is 5.97 Å². The molecule has 0 amide bonds. The average molecular weight is 464 g/mol. The highest BCUT2D eigenvalue weighted by Gasteiger charge is 2.43. The second-order valence-electron chi connectivity index (χ2n) is 8.40. The number of carbonyl (C=O) groups is 2. The van der Waals surface area contributed by atoms with Crippen LogP contribution in [0.4, 0.5) is 0 Å². The summed E-state index contributed by atoms with van der Waals surface area (Å²) >= 11 is 0. The number of nitrogens with zero attached hydrogens (tertiary/aromatic N) is 1. The number of allylic oxidation sites excluding steroid dienone is 2. The lowest BCUT2D eigenvalue weighted by atomic mass is 9.71. The molecule has 1 unspecified atom stereocenters. The Balaban J connectivity index is 1.79. The molecule has 0 bridgehead atoms. The lowest BCUT2D eigenvalue weighted by Gasteiger charge is -2.34. The van der Waals surface area contributed by atoms with Crippen LogP contribution in [0.25, 0.3) is 0 Å².